The van der Waals surface area contributed by atoms with Crippen molar-refractivity contribution in [1.82, 2.24) is 5.32 Å². The van der Waals surface area contributed by atoms with Crippen LogP contribution in [0.3, 0.4) is 0 Å². The maximum Gasteiger partial charge on any atom is 0.123 e. The van der Waals surface area contributed by atoms with E-state index in [-0.39, 0.29) is 12.4 Å². The molecule has 1 aromatic carbocycles. The molecule has 1 rings (SSSR count). The van der Waals surface area contributed by atoms with Gasteiger partial charge in [-0.15, -0.1) is 12.4 Å². The van der Waals surface area contributed by atoms with Crippen molar-refractivity contribution in [1.29, 1.82) is 0 Å². The first kappa shape index (κ1) is 48.1. The summed E-state index contributed by atoms with van der Waals surface area (Å²) in [5, 5.41) is 3.46. The van der Waals surface area contributed by atoms with Gasteiger partial charge in [0.25, 0.3) is 0 Å². The summed E-state index contributed by atoms with van der Waals surface area (Å²) >= 11 is 0. The summed E-state index contributed by atoms with van der Waals surface area (Å²) in [4.78, 5) is 0. The molecule has 0 amide bonds. The number of unbranched alkanes of at least 4 members (excludes halogenated alkanes) is 30. The zero-order valence-corrected chi connectivity index (χ0v) is 34.2. The number of nitrogens with one attached hydrogen (secondary N) is 1. The van der Waals surface area contributed by atoms with E-state index in [1.807, 2.05) is 0 Å². The molecule has 1 aromatic rings. The second-order valence-electron chi connectivity index (χ2n) is 14.9. The molecule has 0 bridgehead atoms. The van der Waals surface area contributed by atoms with Crippen molar-refractivity contribution in [2.75, 3.05) is 19.8 Å². The van der Waals surface area contributed by atoms with E-state index in [0.717, 1.165) is 50.6 Å². The molecular weight excluding hydrogens is 622 g/mol. The lowest BCUT2D eigenvalue weighted by Gasteiger charge is -2.13. The third-order valence-electron chi connectivity index (χ3n) is 10.1. The van der Waals surface area contributed by atoms with Crippen LogP contribution in [0.25, 0.3) is 0 Å². The number of hydrogen-bond acceptors (Lipinski definition) is 3. The van der Waals surface area contributed by atoms with E-state index in [0.29, 0.717) is 0 Å². The van der Waals surface area contributed by atoms with Crippen molar-refractivity contribution < 1.29 is 9.47 Å². The Morgan fingerprint density at radius 3 is 0.898 bits per heavy atom. The van der Waals surface area contributed by atoms with Crippen molar-refractivity contribution in [2.24, 2.45) is 0 Å². The molecular formula is C45H86ClNO2. The van der Waals surface area contributed by atoms with Crippen molar-refractivity contribution in [3.63, 3.8) is 0 Å². The zero-order chi connectivity index (χ0) is 34.4. The van der Waals surface area contributed by atoms with Gasteiger partial charge in [0.2, 0.25) is 0 Å². The second-order valence-corrected chi connectivity index (χ2v) is 14.9. The minimum Gasteiger partial charge on any atom is -0.493 e. The highest BCUT2D eigenvalue weighted by Crippen LogP contribution is 2.24. The van der Waals surface area contributed by atoms with Gasteiger partial charge in [-0.3, -0.25) is 0 Å². The molecule has 0 aliphatic rings. The number of halogens is 1. The standard InChI is InChI=1S/C45H85NO2.ClH/c1-4-7-9-11-13-15-17-19-21-23-25-27-29-31-33-35-37-47-44-39-43(42-46-6-3)40-45(41-44)48-38-36-34-32-30-28-26-24-22-20-18-16-14-12-10-8-5-2;/h39-41,46H,4-38,42H2,1-3H3;1H. The minimum absolute atomic E-state index is 0. The van der Waals surface area contributed by atoms with Gasteiger partial charge in [-0.25, -0.2) is 0 Å². The van der Waals surface area contributed by atoms with Gasteiger partial charge in [0.1, 0.15) is 11.5 Å². The highest BCUT2D eigenvalue weighted by Gasteiger charge is 2.05. The van der Waals surface area contributed by atoms with Gasteiger partial charge in [0.05, 0.1) is 13.2 Å². The fourth-order valence-corrected chi connectivity index (χ4v) is 6.85. The number of benzene rings is 1. The monoisotopic (exact) mass is 708 g/mol. The Bertz CT molecular complexity index is 716. The van der Waals surface area contributed by atoms with Crippen LogP contribution in [0.2, 0.25) is 0 Å². The molecule has 0 fully saturated rings. The molecule has 0 saturated carbocycles. The van der Waals surface area contributed by atoms with Gasteiger partial charge >= 0.3 is 0 Å². The Morgan fingerprint density at radius 1 is 0.367 bits per heavy atom. The molecule has 0 atom stereocenters. The maximum absolute atomic E-state index is 6.22. The van der Waals surface area contributed by atoms with Gasteiger partial charge < -0.3 is 14.8 Å². The summed E-state index contributed by atoms with van der Waals surface area (Å²) in [5.74, 6) is 1.93. The third kappa shape index (κ3) is 33.9. The number of rotatable bonds is 39. The Hall–Kier alpha value is -0.930. The van der Waals surface area contributed by atoms with E-state index in [4.69, 9.17) is 9.47 Å². The Kier molecular flexibility index (Phi) is 39.1. The van der Waals surface area contributed by atoms with Crippen LogP contribution in [0.1, 0.15) is 232 Å². The summed E-state index contributed by atoms with van der Waals surface area (Å²) in [6.45, 7) is 10.2. The van der Waals surface area contributed by atoms with Crippen LogP contribution >= 0.6 is 12.4 Å². The largest absolute Gasteiger partial charge is 0.493 e. The Balaban J connectivity index is 0.0000230. The van der Waals surface area contributed by atoms with Gasteiger partial charge in [-0.05, 0) is 37.1 Å². The van der Waals surface area contributed by atoms with Crippen molar-refractivity contribution in [3.8, 4) is 11.5 Å². The van der Waals surface area contributed by atoms with Crippen LogP contribution in [0.5, 0.6) is 11.5 Å². The van der Waals surface area contributed by atoms with Crippen molar-refractivity contribution >= 4 is 12.4 Å². The molecule has 0 aliphatic heterocycles. The number of ether oxygens (including phenoxy) is 2. The lowest BCUT2D eigenvalue weighted by Crippen LogP contribution is -2.12. The van der Waals surface area contributed by atoms with Gasteiger partial charge in [-0.2, -0.15) is 0 Å². The van der Waals surface area contributed by atoms with E-state index in [1.54, 1.807) is 0 Å². The van der Waals surface area contributed by atoms with E-state index < -0.39 is 0 Å². The van der Waals surface area contributed by atoms with Crippen LogP contribution in [-0.2, 0) is 6.54 Å². The average Bonchev–Trinajstić information content (AvgIpc) is 3.10. The molecule has 0 spiro atoms. The molecule has 0 aromatic heterocycles. The second kappa shape index (κ2) is 39.8. The minimum atomic E-state index is 0. The fraction of sp³-hybridized carbons (Fsp3) is 0.867. The summed E-state index contributed by atoms with van der Waals surface area (Å²) in [6.07, 6.45) is 44.7. The van der Waals surface area contributed by atoms with Crippen LogP contribution in [0.4, 0.5) is 0 Å². The van der Waals surface area contributed by atoms with Crippen LogP contribution in [-0.4, -0.2) is 19.8 Å². The SMILES string of the molecule is CCCCCCCCCCCCCCCCCCOc1cc(CNCC)cc(OCCCCCCCCCCCCCCCCCC)c1.Cl. The molecule has 290 valence electrons. The zero-order valence-electron chi connectivity index (χ0n) is 33.4. The van der Waals surface area contributed by atoms with E-state index in [9.17, 15) is 0 Å². The topological polar surface area (TPSA) is 30.5 Å². The summed E-state index contributed by atoms with van der Waals surface area (Å²) in [7, 11) is 0. The molecule has 49 heavy (non-hydrogen) atoms. The van der Waals surface area contributed by atoms with E-state index >= 15 is 0 Å². The predicted molar refractivity (Wildman–Crippen MR) is 221 cm³/mol. The summed E-state index contributed by atoms with van der Waals surface area (Å²) < 4.78 is 12.4. The molecule has 0 heterocycles. The highest BCUT2D eigenvalue weighted by molar-refractivity contribution is 5.85. The highest BCUT2D eigenvalue weighted by atomic mass is 35.5. The smallest absolute Gasteiger partial charge is 0.123 e. The van der Waals surface area contributed by atoms with Crippen molar-refractivity contribution in [2.45, 2.75) is 233 Å². The Labute approximate surface area is 314 Å². The van der Waals surface area contributed by atoms with Crippen LogP contribution in [0.15, 0.2) is 18.2 Å². The molecule has 4 heteroatoms. The van der Waals surface area contributed by atoms with Crippen molar-refractivity contribution in [3.05, 3.63) is 23.8 Å². The molecule has 3 nitrogen and oxygen atoms in total. The van der Waals surface area contributed by atoms with Crippen LogP contribution in [0, 0.1) is 0 Å². The first-order valence-electron chi connectivity index (χ1n) is 21.9. The normalized spacial score (nSPS) is 11.2. The summed E-state index contributed by atoms with van der Waals surface area (Å²) in [5.41, 5.74) is 1.25. The average molecular weight is 709 g/mol. The summed E-state index contributed by atoms with van der Waals surface area (Å²) in [6, 6.07) is 6.49. The molecule has 0 unspecified atom stereocenters. The first-order chi connectivity index (χ1) is 23.8. The van der Waals surface area contributed by atoms with Gasteiger partial charge in [0, 0.05) is 12.6 Å². The third-order valence-corrected chi connectivity index (χ3v) is 10.1. The first-order valence-corrected chi connectivity index (χ1v) is 21.9. The molecule has 1 N–H and O–H groups in total. The predicted octanol–water partition coefficient (Wildman–Crippen LogP) is 15.5. The number of hydrogen-bond donors (Lipinski definition) is 1. The fourth-order valence-electron chi connectivity index (χ4n) is 6.85. The van der Waals surface area contributed by atoms with Gasteiger partial charge in [0.15, 0.2) is 0 Å². The van der Waals surface area contributed by atoms with Gasteiger partial charge in [-0.1, -0.05) is 213 Å². The van der Waals surface area contributed by atoms with E-state index in [2.05, 4.69) is 44.3 Å². The molecule has 0 saturated heterocycles. The molecule has 0 radical (unpaired) electrons. The lowest BCUT2D eigenvalue weighted by atomic mass is 10.0. The molecule has 0 aliphatic carbocycles. The van der Waals surface area contributed by atoms with Crippen LogP contribution < -0.4 is 14.8 Å². The quantitative estimate of drug-likeness (QED) is 0.0691. The maximum atomic E-state index is 6.22. The Morgan fingerprint density at radius 2 is 0.633 bits per heavy atom. The van der Waals surface area contributed by atoms with E-state index in [1.165, 1.54) is 198 Å². The lowest BCUT2D eigenvalue weighted by molar-refractivity contribution is 0.289.